The molecule has 0 N–H and O–H groups in total. The van der Waals surface area contributed by atoms with Crippen LogP contribution in [-0.2, 0) is 6.54 Å². The molecule has 30 heavy (non-hydrogen) atoms. The second-order valence-corrected chi connectivity index (χ2v) is 8.30. The van der Waals surface area contributed by atoms with E-state index in [1.165, 1.54) is 5.56 Å². The van der Waals surface area contributed by atoms with Crippen LogP contribution in [0.15, 0.2) is 66.7 Å². The van der Waals surface area contributed by atoms with Gasteiger partial charge >= 0.3 is 0 Å². The molecule has 0 atom stereocenters. The van der Waals surface area contributed by atoms with Gasteiger partial charge < -0.3 is 9.30 Å². The smallest absolute Gasteiger partial charge is 0.160 e. The summed E-state index contributed by atoms with van der Waals surface area (Å²) in [6.07, 6.45) is 0. The normalized spacial score (nSPS) is 11.7. The van der Waals surface area contributed by atoms with Gasteiger partial charge in [0.15, 0.2) is 5.65 Å². The number of ether oxygens (including phenoxy) is 1. The van der Waals surface area contributed by atoms with Gasteiger partial charge in [-0.1, -0.05) is 55.8 Å². The zero-order valence-electron chi connectivity index (χ0n) is 17.6. The van der Waals surface area contributed by atoms with E-state index in [0.29, 0.717) is 19.1 Å². The lowest BCUT2D eigenvalue weighted by atomic mass is 10.1. The average Bonchev–Trinajstić information content (AvgIpc) is 3.03. The summed E-state index contributed by atoms with van der Waals surface area (Å²) in [5.74, 6) is 1.41. The third-order valence-electron chi connectivity index (χ3n) is 5.38. The van der Waals surface area contributed by atoms with Gasteiger partial charge in [-0.3, -0.25) is 0 Å². The average molecular weight is 396 g/mol. The summed E-state index contributed by atoms with van der Waals surface area (Å²) in [7, 11) is 0. The molecular formula is C26H25N3O. The van der Waals surface area contributed by atoms with Crippen molar-refractivity contribution in [1.29, 1.82) is 0 Å². The fraction of sp³-hybridized carbons (Fsp3) is 0.231. The van der Waals surface area contributed by atoms with Gasteiger partial charge in [0.2, 0.25) is 0 Å². The van der Waals surface area contributed by atoms with Crippen LogP contribution in [0.25, 0.3) is 33.1 Å². The summed E-state index contributed by atoms with van der Waals surface area (Å²) in [4.78, 5) is 9.98. The number of fused-ring (bicyclic) bond motifs is 4. The van der Waals surface area contributed by atoms with Gasteiger partial charge in [0, 0.05) is 10.9 Å². The van der Waals surface area contributed by atoms with Gasteiger partial charge in [-0.15, -0.1) is 0 Å². The number of para-hydroxylation sites is 3. The molecule has 0 amide bonds. The van der Waals surface area contributed by atoms with Crippen LogP contribution in [0.2, 0.25) is 0 Å². The second-order valence-electron chi connectivity index (χ2n) is 8.30. The van der Waals surface area contributed by atoms with Gasteiger partial charge in [0.1, 0.15) is 11.3 Å². The number of aromatic nitrogens is 3. The number of hydrogen-bond acceptors (Lipinski definition) is 3. The second kappa shape index (κ2) is 7.45. The Kier molecular flexibility index (Phi) is 4.62. The molecule has 2 aromatic heterocycles. The van der Waals surface area contributed by atoms with E-state index in [-0.39, 0.29) is 0 Å². The van der Waals surface area contributed by atoms with Crippen LogP contribution < -0.4 is 4.74 Å². The summed E-state index contributed by atoms with van der Waals surface area (Å²) in [5.41, 5.74) is 7.21. The number of rotatable bonds is 5. The van der Waals surface area contributed by atoms with Crippen LogP contribution in [0.3, 0.4) is 0 Å². The predicted molar refractivity (Wildman–Crippen MR) is 123 cm³/mol. The van der Waals surface area contributed by atoms with Crippen molar-refractivity contribution in [3.63, 3.8) is 0 Å². The summed E-state index contributed by atoms with van der Waals surface area (Å²) in [6, 6.07) is 22.9. The summed E-state index contributed by atoms with van der Waals surface area (Å²) in [5, 5.41) is 1.14. The minimum Gasteiger partial charge on any atom is -0.493 e. The maximum absolute atomic E-state index is 6.11. The Morgan fingerprint density at radius 2 is 1.63 bits per heavy atom. The minimum atomic E-state index is 0.478. The molecule has 0 saturated carbocycles. The number of aryl methyl sites for hydroxylation is 1. The van der Waals surface area contributed by atoms with E-state index < -0.39 is 0 Å². The largest absolute Gasteiger partial charge is 0.493 e. The Morgan fingerprint density at radius 1 is 0.900 bits per heavy atom. The van der Waals surface area contributed by atoms with Crippen molar-refractivity contribution in [1.82, 2.24) is 14.5 Å². The molecule has 4 nitrogen and oxygen atoms in total. The summed E-state index contributed by atoms with van der Waals surface area (Å²) in [6.45, 7) is 7.83. The Balaban J connectivity index is 1.71. The van der Waals surface area contributed by atoms with E-state index in [2.05, 4.69) is 61.7 Å². The molecule has 0 spiro atoms. The first kappa shape index (κ1) is 18.6. The monoisotopic (exact) mass is 395 g/mol. The van der Waals surface area contributed by atoms with Crippen LogP contribution in [0, 0.1) is 12.8 Å². The third-order valence-corrected chi connectivity index (χ3v) is 5.38. The van der Waals surface area contributed by atoms with Gasteiger partial charge in [-0.05, 0) is 43.2 Å². The van der Waals surface area contributed by atoms with Crippen LogP contribution in [0.1, 0.15) is 25.0 Å². The standard InChI is InChI=1S/C26H25N3O/c1-17(2)16-30-24-11-7-4-8-19(24)15-29-23-13-12-18(3)14-20(23)25-26(29)28-22-10-6-5-9-21(22)27-25/h4-14,17H,15-16H2,1-3H3. The zero-order valence-corrected chi connectivity index (χ0v) is 17.6. The van der Waals surface area contributed by atoms with E-state index in [0.717, 1.165) is 44.4 Å². The Hall–Kier alpha value is -3.40. The molecule has 0 aliphatic rings. The molecule has 4 heteroatoms. The quantitative estimate of drug-likeness (QED) is 0.359. The summed E-state index contributed by atoms with van der Waals surface area (Å²) >= 11 is 0. The van der Waals surface area contributed by atoms with E-state index >= 15 is 0 Å². The Labute approximate surface area is 176 Å². The maximum Gasteiger partial charge on any atom is 0.160 e. The molecule has 2 heterocycles. The Morgan fingerprint density at radius 3 is 2.43 bits per heavy atom. The molecule has 0 aliphatic carbocycles. The number of hydrogen-bond donors (Lipinski definition) is 0. The highest BCUT2D eigenvalue weighted by atomic mass is 16.5. The third kappa shape index (κ3) is 3.28. The highest BCUT2D eigenvalue weighted by Crippen LogP contribution is 2.31. The molecule has 150 valence electrons. The Bertz CT molecular complexity index is 1370. The van der Waals surface area contributed by atoms with Crippen molar-refractivity contribution >= 4 is 33.1 Å². The van der Waals surface area contributed by atoms with Gasteiger partial charge in [0.25, 0.3) is 0 Å². The van der Waals surface area contributed by atoms with E-state index in [1.807, 2.05) is 30.3 Å². The van der Waals surface area contributed by atoms with Crippen LogP contribution in [0.4, 0.5) is 0 Å². The summed E-state index contributed by atoms with van der Waals surface area (Å²) < 4.78 is 8.38. The number of nitrogens with zero attached hydrogens (tertiary/aromatic N) is 3. The predicted octanol–water partition coefficient (Wildman–Crippen LogP) is 6.13. The molecule has 0 saturated heterocycles. The first-order chi connectivity index (χ1) is 14.6. The van der Waals surface area contributed by atoms with Crippen molar-refractivity contribution in [2.75, 3.05) is 6.61 Å². The molecule has 0 bridgehead atoms. The molecule has 5 aromatic rings. The van der Waals surface area contributed by atoms with E-state index in [1.54, 1.807) is 0 Å². The van der Waals surface area contributed by atoms with E-state index in [4.69, 9.17) is 14.7 Å². The zero-order chi connectivity index (χ0) is 20.7. The molecule has 0 radical (unpaired) electrons. The van der Waals surface area contributed by atoms with Crippen molar-refractivity contribution in [2.45, 2.75) is 27.3 Å². The van der Waals surface area contributed by atoms with Crippen molar-refractivity contribution in [3.05, 3.63) is 77.9 Å². The van der Waals surface area contributed by atoms with Crippen LogP contribution >= 0.6 is 0 Å². The fourth-order valence-electron chi connectivity index (χ4n) is 3.91. The van der Waals surface area contributed by atoms with E-state index in [9.17, 15) is 0 Å². The van der Waals surface area contributed by atoms with Crippen molar-refractivity contribution in [3.8, 4) is 5.75 Å². The highest BCUT2D eigenvalue weighted by Gasteiger charge is 2.16. The SMILES string of the molecule is Cc1ccc2c(c1)c1nc3ccccc3nc1n2Cc1ccccc1OCC(C)C. The highest BCUT2D eigenvalue weighted by molar-refractivity contribution is 6.06. The molecule has 5 rings (SSSR count). The minimum absolute atomic E-state index is 0.478. The first-order valence-electron chi connectivity index (χ1n) is 10.5. The lowest BCUT2D eigenvalue weighted by molar-refractivity contribution is 0.268. The van der Waals surface area contributed by atoms with Gasteiger partial charge in [-0.2, -0.15) is 0 Å². The molecule has 0 fully saturated rings. The fourth-order valence-corrected chi connectivity index (χ4v) is 3.91. The first-order valence-corrected chi connectivity index (χ1v) is 10.5. The van der Waals surface area contributed by atoms with Crippen molar-refractivity contribution in [2.24, 2.45) is 5.92 Å². The molecular weight excluding hydrogens is 370 g/mol. The van der Waals surface area contributed by atoms with Crippen LogP contribution in [0.5, 0.6) is 5.75 Å². The molecule has 3 aromatic carbocycles. The van der Waals surface area contributed by atoms with Gasteiger partial charge in [0.05, 0.1) is 29.7 Å². The van der Waals surface area contributed by atoms with Crippen LogP contribution in [-0.4, -0.2) is 21.1 Å². The lowest BCUT2D eigenvalue weighted by Gasteiger charge is -2.14. The topological polar surface area (TPSA) is 39.9 Å². The molecule has 0 unspecified atom stereocenters. The lowest BCUT2D eigenvalue weighted by Crippen LogP contribution is -2.08. The maximum atomic E-state index is 6.11. The van der Waals surface area contributed by atoms with Gasteiger partial charge in [-0.25, -0.2) is 9.97 Å². The number of benzene rings is 3. The van der Waals surface area contributed by atoms with Crippen molar-refractivity contribution < 1.29 is 4.74 Å². The molecule has 0 aliphatic heterocycles.